The van der Waals surface area contributed by atoms with Crippen molar-refractivity contribution in [1.82, 2.24) is 0 Å². The summed E-state index contributed by atoms with van der Waals surface area (Å²) in [6.45, 7) is 0.125. The van der Waals surface area contributed by atoms with Gasteiger partial charge in [0.05, 0.1) is 12.9 Å². The summed E-state index contributed by atoms with van der Waals surface area (Å²) in [7, 11) is 0. The number of rotatable bonds is 4. The summed E-state index contributed by atoms with van der Waals surface area (Å²) in [6, 6.07) is 0. The van der Waals surface area contributed by atoms with Gasteiger partial charge >= 0.3 is 6.16 Å². The second-order valence-electron chi connectivity index (χ2n) is 1.62. The molecule has 0 atom stereocenters. The Morgan fingerprint density at radius 1 is 1.70 bits per heavy atom. The summed E-state index contributed by atoms with van der Waals surface area (Å²) < 4.78 is 15.4. The number of allylic oxidation sites excluding steroid dienone is 1. The molecular formula is C6H9FO3. The topological polar surface area (TPSA) is 46.5 Å². The minimum absolute atomic E-state index is 0.125. The van der Waals surface area contributed by atoms with E-state index >= 15 is 0 Å². The third-order valence-corrected chi connectivity index (χ3v) is 0.830. The highest BCUT2D eigenvalue weighted by molar-refractivity contribution is 5.56. The zero-order chi connectivity index (χ0) is 7.82. The van der Waals surface area contributed by atoms with Crippen molar-refractivity contribution in [3.05, 3.63) is 12.4 Å². The highest BCUT2D eigenvalue weighted by Crippen LogP contribution is 1.92. The number of ether oxygens (including phenoxy) is 1. The van der Waals surface area contributed by atoms with Gasteiger partial charge in [-0.25, -0.2) is 9.18 Å². The Labute approximate surface area is 58.1 Å². The molecule has 0 radical (unpaired) electrons. The fourth-order valence-corrected chi connectivity index (χ4v) is 0.424. The van der Waals surface area contributed by atoms with E-state index < -0.39 is 6.16 Å². The molecule has 0 unspecified atom stereocenters. The number of hydrogen-bond acceptors (Lipinski definition) is 2. The molecule has 0 aliphatic heterocycles. The minimum atomic E-state index is -1.29. The van der Waals surface area contributed by atoms with Crippen LogP contribution in [0.1, 0.15) is 12.8 Å². The minimum Gasteiger partial charge on any atom is -0.450 e. The van der Waals surface area contributed by atoms with E-state index in [1.54, 1.807) is 0 Å². The fourth-order valence-electron chi connectivity index (χ4n) is 0.424. The Kier molecular flexibility index (Phi) is 5.42. The summed E-state index contributed by atoms with van der Waals surface area (Å²) in [5.41, 5.74) is 0. The molecule has 0 fully saturated rings. The highest BCUT2D eigenvalue weighted by Gasteiger charge is 1.92. The molecule has 3 nitrogen and oxygen atoms in total. The summed E-state index contributed by atoms with van der Waals surface area (Å²) in [5.74, 6) is 0. The van der Waals surface area contributed by atoms with Crippen LogP contribution in [0.15, 0.2) is 12.4 Å². The van der Waals surface area contributed by atoms with Crippen LogP contribution in [-0.2, 0) is 4.74 Å². The average molecular weight is 148 g/mol. The van der Waals surface area contributed by atoms with E-state index in [0.717, 1.165) is 0 Å². The molecule has 10 heavy (non-hydrogen) atoms. The number of halogens is 1. The van der Waals surface area contributed by atoms with E-state index in [0.29, 0.717) is 19.2 Å². The van der Waals surface area contributed by atoms with Crippen LogP contribution < -0.4 is 0 Å². The van der Waals surface area contributed by atoms with Crippen molar-refractivity contribution in [3.8, 4) is 0 Å². The summed E-state index contributed by atoms with van der Waals surface area (Å²) in [6.07, 6.45) is 1.48. The number of carboxylic acid groups (broad SMARTS) is 1. The zero-order valence-corrected chi connectivity index (χ0v) is 5.42. The molecule has 58 valence electrons. The quantitative estimate of drug-likeness (QED) is 0.489. The van der Waals surface area contributed by atoms with Crippen molar-refractivity contribution in [1.29, 1.82) is 0 Å². The first-order valence-electron chi connectivity index (χ1n) is 2.88. The van der Waals surface area contributed by atoms with E-state index in [4.69, 9.17) is 5.11 Å². The molecule has 1 N–H and O–H groups in total. The largest absolute Gasteiger partial charge is 0.505 e. The van der Waals surface area contributed by atoms with Crippen LogP contribution >= 0.6 is 0 Å². The molecule has 4 heteroatoms. The molecule has 0 aromatic carbocycles. The predicted molar refractivity (Wildman–Crippen MR) is 33.5 cm³/mol. The first-order valence-corrected chi connectivity index (χ1v) is 2.88. The second kappa shape index (κ2) is 6.07. The van der Waals surface area contributed by atoms with Crippen LogP contribution in [0.25, 0.3) is 0 Å². The third-order valence-electron chi connectivity index (χ3n) is 0.830. The van der Waals surface area contributed by atoms with E-state index in [2.05, 4.69) is 4.74 Å². The molecule has 0 amide bonds. The zero-order valence-electron chi connectivity index (χ0n) is 5.42. The van der Waals surface area contributed by atoms with Crippen molar-refractivity contribution in [3.63, 3.8) is 0 Å². The number of unbranched alkanes of at least 4 members (excludes halogenated alkanes) is 1. The van der Waals surface area contributed by atoms with E-state index in [-0.39, 0.29) is 6.61 Å². The maximum Gasteiger partial charge on any atom is 0.505 e. The Bertz CT molecular complexity index is 122. The summed E-state index contributed by atoms with van der Waals surface area (Å²) >= 11 is 0. The molecule has 0 spiro atoms. The van der Waals surface area contributed by atoms with E-state index in [9.17, 15) is 9.18 Å². The number of carbonyl (C=O) groups is 1. The molecule has 0 aromatic heterocycles. The first-order chi connectivity index (χ1) is 4.77. The van der Waals surface area contributed by atoms with Crippen molar-refractivity contribution < 1.29 is 19.0 Å². The molecule has 0 saturated carbocycles. The van der Waals surface area contributed by atoms with Crippen molar-refractivity contribution in [2.24, 2.45) is 0 Å². The molecule has 0 heterocycles. The van der Waals surface area contributed by atoms with Crippen LogP contribution in [0.2, 0.25) is 0 Å². The maximum atomic E-state index is 11.2. The lowest BCUT2D eigenvalue weighted by Crippen LogP contribution is -2.00. The Hall–Kier alpha value is -1.06. The van der Waals surface area contributed by atoms with Crippen LogP contribution in [0, 0.1) is 0 Å². The van der Waals surface area contributed by atoms with Gasteiger partial charge in [-0.2, -0.15) is 0 Å². The molecule has 0 aliphatic rings. The molecule has 0 saturated heterocycles. The lowest BCUT2D eigenvalue weighted by atomic mass is 10.3. The van der Waals surface area contributed by atoms with Crippen molar-refractivity contribution >= 4 is 6.16 Å². The maximum absolute atomic E-state index is 11.2. The summed E-state index contributed by atoms with van der Waals surface area (Å²) in [4.78, 5) is 9.72. The van der Waals surface area contributed by atoms with Gasteiger partial charge < -0.3 is 9.84 Å². The monoisotopic (exact) mass is 148 g/mol. The van der Waals surface area contributed by atoms with Crippen LogP contribution in [-0.4, -0.2) is 17.9 Å². The Morgan fingerprint density at radius 3 is 2.90 bits per heavy atom. The van der Waals surface area contributed by atoms with Gasteiger partial charge in [-0.05, 0) is 12.8 Å². The fraction of sp³-hybridized carbons (Fsp3) is 0.500. The lowest BCUT2D eigenvalue weighted by molar-refractivity contribution is 0.0909. The van der Waals surface area contributed by atoms with Gasteiger partial charge in [0.25, 0.3) is 0 Å². The van der Waals surface area contributed by atoms with Gasteiger partial charge in [-0.3, -0.25) is 0 Å². The normalized spacial score (nSPS) is 10.1. The smallest absolute Gasteiger partial charge is 0.450 e. The van der Waals surface area contributed by atoms with Gasteiger partial charge in [0, 0.05) is 0 Å². The van der Waals surface area contributed by atoms with Gasteiger partial charge in [0.1, 0.15) is 0 Å². The molecule has 0 aromatic rings. The SMILES string of the molecule is O=C(O)OCCCC=CF. The van der Waals surface area contributed by atoms with E-state index in [1.165, 1.54) is 6.08 Å². The van der Waals surface area contributed by atoms with Crippen molar-refractivity contribution in [2.75, 3.05) is 6.61 Å². The Balaban J connectivity index is 2.98. The lowest BCUT2D eigenvalue weighted by Gasteiger charge is -1.95. The summed E-state index contributed by atoms with van der Waals surface area (Å²) in [5, 5.41) is 7.96. The molecule has 0 bridgehead atoms. The number of hydrogen-bond donors (Lipinski definition) is 1. The van der Waals surface area contributed by atoms with Gasteiger partial charge in [0.15, 0.2) is 0 Å². The standard InChI is InChI=1S/C6H9FO3/c7-4-2-1-3-5-10-6(8)9/h2,4H,1,3,5H2,(H,8,9). The molecule has 0 aliphatic carbocycles. The molecule has 0 rings (SSSR count). The molecular weight excluding hydrogens is 139 g/mol. The van der Waals surface area contributed by atoms with Gasteiger partial charge in [0.2, 0.25) is 0 Å². The van der Waals surface area contributed by atoms with Crippen LogP contribution in [0.3, 0.4) is 0 Å². The first kappa shape index (κ1) is 8.94. The van der Waals surface area contributed by atoms with E-state index in [1.807, 2.05) is 0 Å². The highest BCUT2D eigenvalue weighted by atomic mass is 19.1. The van der Waals surface area contributed by atoms with Crippen molar-refractivity contribution in [2.45, 2.75) is 12.8 Å². The predicted octanol–water partition coefficient (Wildman–Crippen LogP) is 1.94. The van der Waals surface area contributed by atoms with Crippen LogP contribution in [0.4, 0.5) is 9.18 Å². The third kappa shape index (κ3) is 6.94. The average Bonchev–Trinajstić information content (AvgIpc) is 1.87. The second-order valence-corrected chi connectivity index (χ2v) is 1.62. The van der Waals surface area contributed by atoms with Crippen LogP contribution in [0.5, 0.6) is 0 Å². The van der Waals surface area contributed by atoms with Gasteiger partial charge in [-0.1, -0.05) is 6.08 Å². The van der Waals surface area contributed by atoms with Gasteiger partial charge in [-0.15, -0.1) is 0 Å². The Morgan fingerprint density at radius 2 is 2.40 bits per heavy atom.